The molecule has 2 aliphatic rings. The van der Waals surface area contributed by atoms with Crippen LogP contribution in [0.25, 0.3) is 0 Å². The molecule has 0 bridgehead atoms. The van der Waals surface area contributed by atoms with E-state index in [1.165, 1.54) is 4.90 Å². The Morgan fingerprint density at radius 3 is 2.66 bits per heavy atom. The molecule has 2 N–H and O–H groups in total. The molecule has 2 aliphatic heterocycles. The summed E-state index contributed by atoms with van der Waals surface area (Å²) in [4.78, 5) is 39.3. The molecule has 2 aromatic carbocycles. The Morgan fingerprint density at radius 2 is 1.94 bits per heavy atom. The van der Waals surface area contributed by atoms with Crippen molar-refractivity contribution in [1.29, 1.82) is 0 Å². The molecular weight excluding hydrogens is 414 g/mol. The summed E-state index contributed by atoms with van der Waals surface area (Å²) in [6.07, 6.45) is 0. The van der Waals surface area contributed by atoms with Crippen LogP contribution < -0.4 is 20.1 Å². The number of rotatable bonds is 7. The maximum absolute atomic E-state index is 12.9. The molecule has 2 aromatic rings. The standard InChI is InChI=1S/C23H23N3O6/c1-3-31-18-7-5-4-6-16(18)21-20-17(13-32-22(20)28)26(23(29)25-21)12-19(27)24-14-8-10-15(30-2)11-9-14/h4-11,21H,3,12-13H2,1-2H3,(H,24,27)(H,25,29). The van der Waals surface area contributed by atoms with Crippen molar-refractivity contribution in [1.82, 2.24) is 10.2 Å². The Balaban J connectivity index is 1.58. The predicted molar refractivity (Wildman–Crippen MR) is 115 cm³/mol. The number of carbonyl (C=O) groups is 3. The van der Waals surface area contributed by atoms with Gasteiger partial charge in [0.2, 0.25) is 5.91 Å². The van der Waals surface area contributed by atoms with Crippen molar-refractivity contribution in [2.24, 2.45) is 0 Å². The Labute approximate surface area is 184 Å². The molecule has 32 heavy (non-hydrogen) atoms. The third kappa shape index (κ3) is 4.09. The third-order valence-electron chi connectivity index (χ3n) is 5.20. The number of esters is 1. The minimum atomic E-state index is -0.726. The molecule has 4 rings (SSSR count). The number of anilines is 1. The lowest BCUT2D eigenvalue weighted by Crippen LogP contribution is -2.49. The summed E-state index contributed by atoms with van der Waals surface area (Å²) in [6.45, 7) is 1.94. The highest BCUT2D eigenvalue weighted by Crippen LogP contribution is 2.38. The van der Waals surface area contributed by atoms with Crippen molar-refractivity contribution in [3.8, 4) is 11.5 Å². The SMILES string of the molecule is CCOc1ccccc1C1NC(=O)N(CC(=O)Nc2ccc(OC)cc2)C2=C1C(=O)OC2. The lowest BCUT2D eigenvalue weighted by atomic mass is 9.95. The lowest BCUT2D eigenvalue weighted by molar-refractivity contribution is -0.136. The van der Waals surface area contributed by atoms with E-state index in [0.29, 0.717) is 40.6 Å². The summed E-state index contributed by atoms with van der Waals surface area (Å²) < 4.78 is 16.0. The first kappa shape index (κ1) is 21.2. The molecule has 0 radical (unpaired) electrons. The van der Waals surface area contributed by atoms with Crippen molar-refractivity contribution in [2.75, 3.05) is 32.2 Å². The zero-order valence-electron chi connectivity index (χ0n) is 17.7. The summed E-state index contributed by atoms with van der Waals surface area (Å²) in [5, 5.41) is 5.56. The van der Waals surface area contributed by atoms with Crippen molar-refractivity contribution in [3.63, 3.8) is 0 Å². The Morgan fingerprint density at radius 1 is 1.19 bits per heavy atom. The number of hydrogen-bond donors (Lipinski definition) is 2. The fourth-order valence-electron chi connectivity index (χ4n) is 3.74. The van der Waals surface area contributed by atoms with Gasteiger partial charge in [0, 0.05) is 11.3 Å². The smallest absolute Gasteiger partial charge is 0.338 e. The monoisotopic (exact) mass is 437 g/mol. The van der Waals surface area contributed by atoms with Crippen LogP contribution in [0.15, 0.2) is 59.8 Å². The summed E-state index contributed by atoms with van der Waals surface area (Å²) in [7, 11) is 1.55. The van der Waals surface area contributed by atoms with Gasteiger partial charge in [-0.2, -0.15) is 0 Å². The zero-order valence-corrected chi connectivity index (χ0v) is 17.7. The van der Waals surface area contributed by atoms with Crippen LogP contribution in [0.4, 0.5) is 10.5 Å². The molecule has 0 fully saturated rings. The fraction of sp³-hybridized carbons (Fsp3) is 0.261. The van der Waals surface area contributed by atoms with Gasteiger partial charge in [0.05, 0.1) is 31.0 Å². The second-order valence-electron chi connectivity index (χ2n) is 7.15. The Bertz CT molecular complexity index is 1080. The van der Waals surface area contributed by atoms with E-state index in [1.54, 1.807) is 49.6 Å². The van der Waals surface area contributed by atoms with E-state index in [-0.39, 0.29) is 13.2 Å². The first-order valence-electron chi connectivity index (χ1n) is 10.2. The fourth-order valence-corrected chi connectivity index (χ4v) is 3.74. The maximum Gasteiger partial charge on any atom is 0.338 e. The number of hydrogen-bond acceptors (Lipinski definition) is 6. The molecule has 0 aromatic heterocycles. The molecular formula is C23H23N3O6. The van der Waals surface area contributed by atoms with E-state index in [9.17, 15) is 14.4 Å². The highest BCUT2D eigenvalue weighted by Gasteiger charge is 2.43. The van der Waals surface area contributed by atoms with Gasteiger partial charge in [-0.25, -0.2) is 9.59 Å². The molecule has 1 unspecified atom stereocenters. The van der Waals surface area contributed by atoms with Crippen LogP contribution in [0.5, 0.6) is 11.5 Å². The van der Waals surface area contributed by atoms with Gasteiger partial charge in [0.15, 0.2) is 0 Å². The average Bonchev–Trinajstić information content (AvgIpc) is 3.18. The molecule has 9 nitrogen and oxygen atoms in total. The molecule has 2 heterocycles. The van der Waals surface area contributed by atoms with E-state index in [1.807, 2.05) is 13.0 Å². The Hall–Kier alpha value is -4.01. The van der Waals surface area contributed by atoms with Crippen LogP contribution in [0.3, 0.4) is 0 Å². The molecule has 0 aliphatic carbocycles. The van der Waals surface area contributed by atoms with Crippen molar-refractivity contribution in [2.45, 2.75) is 13.0 Å². The highest BCUT2D eigenvalue weighted by molar-refractivity contribution is 6.00. The van der Waals surface area contributed by atoms with E-state index in [4.69, 9.17) is 14.2 Å². The molecule has 9 heteroatoms. The summed E-state index contributed by atoms with van der Waals surface area (Å²) in [5.41, 5.74) is 1.88. The van der Waals surface area contributed by atoms with E-state index in [0.717, 1.165) is 0 Å². The van der Waals surface area contributed by atoms with Gasteiger partial charge in [-0.3, -0.25) is 9.69 Å². The number of nitrogens with zero attached hydrogens (tertiary/aromatic N) is 1. The normalized spacial score (nSPS) is 17.4. The van der Waals surface area contributed by atoms with Crippen molar-refractivity contribution in [3.05, 3.63) is 65.4 Å². The predicted octanol–water partition coefficient (Wildman–Crippen LogP) is 2.61. The minimum Gasteiger partial charge on any atom is -0.497 e. The van der Waals surface area contributed by atoms with Crippen LogP contribution in [0, 0.1) is 0 Å². The Kier molecular flexibility index (Phi) is 5.98. The topological polar surface area (TPSA) is 106 Å². The first-order valence-corrected chi connectivity index (χ1v) is 10.2. The molecule has 3 amide bonds. The largest absolute Gasteiger partial charge is 0.497 e. The summed E-state index contributed by atoms with van der Waals surface area (Å²) in [5.74, 6) is 0.285. The van der Waals surface area contributed by atoms with Crippen molar-refractivity contribution >= 4 is 23.6 Å². The van der Waals surface area contributed by atoms with Gasteiger partial charge in [-0.05, 0) is 37.3 Å². The number of methoxy groups -OCH3 is 1. The van der Waals surface area contributed by atoms with Gasteiger partial charge in [0.1, 0.15) is 24.7 Å². The van der Waals surface area contributed by atoms with Crippen LogP contribution in [0.2, 0.25) is 0 Å². The number of cyclic esters (lactones) is 1. The molecule has 0 saturated heterocycles. The van der Waals surface area contributed by atoms with Crippen molar-refractivity contribution < 1.29 is 28.6 Å². The third-order valence-corrected chi connectivity index (χ3v) is 5.20. The number of urea groups is 1. The second-order valence-corrected chi connectivity index (χ2v) is 7.15. The number of amides is 3. The van der Waals surface area contributed by atoms with Gasteiger partial charge in [-0.1, -0.05) is 18.2 Å². The molecule has 1 atom stereocenters. The van der Waals surface area contributed by atoms with Crippen LogP contribution in [0.1, 0.15) is 18.5 Å². The number of nitrogens with one attached hydrogen (secondary N) is 2. The van der Waals surface area contributed by atoms with Gasteiger partial charge >= 0.3 is 12.0 Å². The highest BCUT2D eigenvalue weighted by atomic mass is 16.5. The van der Waals surface area contributed by atoms with Gasteiger partial charge in [-0.15, -0.1) is 0 Å². The van der Waals surface area contributed by atoms with Gasteiger partial charge < -0.3 is 24.8 Å². The molecule has 0 saturated carbocycles. The molecule has 166 valence electrons. The summed E-state index contributed by atoms with van der Waals surface area (Å²) >= 11 is 0. The number of carbonyl (C=O) groups excluding carboxylic acids is 3. The first-order chi connectivity index (χ1) is 15.5. The van der Waals surface area contributed by atoms with Crippen LogP contribution in [-0.4, -0.2) is 49.7 Å². The van der Waals surface area contributed by atoms with Gasteiger partial charge in [0.25, 0.3) is 0 Å². The second kappa shape index (κ2) is 9.01. The van der Waals surface area contributed by atoms with Crippen LogP contribution in [-0.2, 0) is 14.3 Å². The summed E-state index contributed by atoms with van der Waals surface area (Å²) in [6, 6.07) is 12.8. The minimum absolute atomic E-state index is 0.0787. The zero-order chi connectivity index (χ0) is 22.7. The quantitative estimate of drug-likeness (QED) is 0.645. The average molecular weight is 437 g/mol. The number of benzene rings is 2. The maximum atomic E-state index is 12.9. The van der Waals surface area contributed by atoms with E-state index < -0.39 is 23.9 Å². The van der Waals surface area contributed by atoms with E-state index in [2.05, 4.69) is 10.6 Å². The number of para-hydroxylation sites is 1. The van der Waals surface area contributed by atoms with Crippen LogP contribution >= 0.6 is 0 Å². The molecule has 0 spiro atoms. The lowest BCUT2D eigenvalue weighted by Gasteiger charge is -2.33. The number of ether oxygens (including phenoxy) is 3. The van der Waals surface area contributed by atoms with E-state index >= 15 is 0 Å².